The van der Waals surface area contributed by atoms with Crippen molar-refractivity contribution in [3.8, 4) is 55.6 Å². The summed E-state index contributed by atoms with van der Waals surface area (Å²) in [5.41, 5.74) is 15.5. The summed E-state index contributed by atoms with van der Waals surface area (Å²) in [7, 11) is 0. The number of hydrogen-bond acceptors (Lipinski definition) is 0. The van der Waals surface area contributed by atoms with Gasteiger partial charge < -0.3 is 0 Å². The second-order valence-electron chi connectivity index (χ2n) is 15.6. The van der Waals surface area contributed by atoms with Gasteiger partial charge >= 0.3 is 0 Å². The lowest BCUT2D eigenvalue weighted by molar-refractivity contribution is 0.668. The number of fused-ring (bicyclic) bond motifs is 8. The molecule has 0 nitrogen and oxygen atoms in total. The second kappa shape index (κ2) is 12.1. The van der Waals surface area contributed by atoms with Gasteiger partial charge in [0.1, 0.15) is 0 Å². The zero-order valence-corrected chi connectivity index (χ0v) is 31.0. The van der Waals surface area contributed by atoms with Crippen LogP contribution in [0.1, 0.15) is 25.0 Å². The molecule has 10 aromatic rings. The van der Waals surface area contributed by atoms with E-state index in [4.69, 9.17) is 0 Å². The minimum absolute atomic E-state index is 0.155. The van der Waals surface area contributed by atoms with Gasteiger partial charge in [0, 0.05) is 5.41 Å². The monoisotopic (exact) mass is 698 g/mol. The molecule has 0 aromatic heterocycles. The third-order valence-corrected chi connectivity index (χ3v) is 12.2. The summed E-state index contributed by atoms with van der Waals surface area (Å²) < 4.78 is 0. The van der Waals surface area contributed by atoms with Crippen molar-refractivity contribution in [2.45, 2.75) is 19.3 Å². The average Bonchev–Trinajstić information content (AvgIpc) is 3.49. The molecule has 0 aliphatic heterocycles. The normalized spacial score (nSPS) is 13.1. The van der Waals surface area contributed by atoms with Gasteiger partial charge in [-0.3, -0.25) is 0 Å². The topological polar surface area (TPSA) is 0 Å². The van der Waals surface area contributed by atoms with Gasteiger partial charge in [-0.2, -0.15) is 0 Å². The predicted octanol–water partition coefficient (Wildman–Crippen LogP) is 15.3. The Morgan fingerprint density at radius 2 is 0.764 bits per heavy atom. The largest absolute Gasteiger partial charge is 0.0616 e. The van der Waals surface area contributed by atoms with Gasteiger partial charge in [-0.05, 0) is 122 Å². The van der Waals surface area contributed by atoms with Crippen molar-refractivity contribution in [2.75, 3.05) is 0 Å². The summed E-state index contributed by atoms with van der Waals surface area (Å²) in [6.07, 6.45) is 0. The van der Waals surface area contributed by atoms with Crippen molar-refractivity contribution >= 4 is 43.1 Å². The lowest BCUT2D eigenvalue weighted by Gasteiger charge is -2.26. The van der Waals surface area contributed by atoms with E-state index in [0.29, 0.717) is 0 Å². The maximum atomic E-state index is 2.43. The summed E-state index contributed by atoms with van der Waals surface area (Å²) >= 11 is 0. The first-order chi connectivity index (χ1) is 27.1. The summed E-state index contributed by atoms with van der Waals surface area (Å²) in [4.78, 5) is 0. The first kappa shape index (κ1) is 31.7. The number of hydrogen-bond donors (Lipinski definition) is 0. The zero-order valence-electron chi connectivity index (χ0n) is 31.0. The highest BCUT2D eigenvalue weighted by Crippen LogP contribution is 2.55. The quantitative estimate of drug-likeness (QED) is 0.161. The van der Waals surface area contributed by atoms with Crippen LogP contribution in [0.15, 0.2) is 194 Å². The Kier molecular flexibility index (Phi) is 7.00. The lowest BCUT2D eigenvalue weighted by Crippen LogP contribution is -2.16. The van der Waals surface area contributed by atoms with Gasteiger partial charge in [-0.1, -0.05) is 196 Å². The van der Waals surface area contributed by atoms with Crippen molar-refractivity contribution in [2.24, 2.45) is 0 Å². The molecule has 1 aliphatic rings. The molecule has 0 saturated carbocycles. The second-order valence-corrected chi connectivity index (χ2v) is 15.6. The zero-order chi connectivity index (χ0) is 36.7. The number of rotatable bonds is 4. The summed E-state index contributed by atoms with van der Waals surface area (Å²) in [6, 6.07) is 72.1. The molecule has 0 heteroatoms. The standard InChI is InChI=1S/C55H38/c1-55(2)53-42-21-6-5-16-36(42)31-32-50(53)49-28-14-27-43(54(49)55)38-18-13-19-40(34-38)51-45-23-9-11-25-47(45)52(48-26-12-10-24-46(48)51)44-22-8-7-20-41(44)39-30-29-35-15-3-4-17-37(35)33-39/h3-34H,1-2H3. The van der Waals surface area contributed by atoms with E-state index in [0.717, 1.165) is 0 Å². The fraction of sp³-hybridized carbons (Fsp3) is 0.0545. The van der Waals surface area contributed by atoms with E-state index in [2.05, 4.69) is 208 Å². The predicted molar refractivity (Wildman–Crippen MR) is 236 cm³/mol. The maximum Gasteiger partial charge on any atom is 0.0171 e. The van der Waals surface area contributed by atoms with Gasteiger partial charge in [0.15, 0.2) is 0 Å². The Hall–Kier alpha value is -6.76. The molecular weight excluding hydrogens is 661 g/mol. The Morgan fingerprint density at radius 1 is 0.273 bits per heavy atom. The molecule has 0 spiro atoms. The van der Waals surface area contributed by atoms with Crippen LogP contribution in [0.3, 0.4) is 0 Å². The summed E-state index contributed by atoms with van der Waals surface area (Å²) in [6.45, 7) is 4.82. The highest BCUT2D eigenvalue weighted by molar-refractivity contribution is 6.22. The van der Waals surface area contributed by atoms with Crippen LogP contribution in [0, 0.1) is 0 Å². The van der Waals surface area contributed by atoms with E-state index in [1.54, 1.807) is 0 Å². The molecule has 1 aliphatic carbocycles. The first-order valence-electron chi connectivity index (χ1n) is 19.4. The summed E-state index contributed by atoms with van der Waals surface area (Å²) in [5, 5.41) is 10.2. The molecule has 0 radical (unpaired) electrons. The lowest BCUT2D eigenvalue weighted by atomic mass is 9.77. The van der Waals surface area contributed by atoms with Gasteiger partial charge in [-0.15, -0.1) is 0 Å². The van der Waals surface area contributed by atoms with Crippen molar-refractivity contribution < 1.29 is 0 Å². The first-order valence-corrected chi connectivity index (χ1v) is 19.4. The average molecular weight is 699 g/mol. The van der Waals surface area contributed by atoms with Crippen molar-refractivity contribution in [1.82, 2.24) is 0 Å². The molecule has 258 valence electrons. The van der Waals surface area contributed by atoms with Crippen molar-refractivity contribution in [3.63, 3.8) is 0 Å². The van der Waals surface area contributed by atoms with E-state index >= 15 is 0 Å². The molecule has 10 aromatic carbocycles. The van der Waals surface area contributed by atoms with Crippen LogP contribution in [0.25, 0.3) is 98.7 Å². The van der Waals surface area contributed by atoms with E-state index in [9.17, 15) is 0 Å². The highest BCUT2D eigenvalue weighted by atomic mass is 14.4. The molecule has 0 bridgehead atoms. The van der Waals surface area contributed by atoms with E-state index in [-0.39, 0.29) is 5.41 Å². The Labute approximate surface area is 322 Å². The van der Waals surface area contributed by atoms with Gasteiger partial charge in [0.25, 0.3) is 0 Å². The molecule has 0 saturated heterocycles. The molecular formula is C55H38. The van der Waals surface area contributed by atoms with Crippen LogP contribution in [-0.2, 0) is 5.41 Å². The summed E-state index contributed by atoms with van der Waals surface area (Å²) in [5.74, 6) is 0. The van der Waals surface area contributed by atoms with Gasteiger partial charge in [0.2, 0.25) is 0 Å². The van der Waals surface area contributed by atoms with Crippen LogP contribution in [0.5, 0.6) is 0 Å². The minimum Gasteiger partial charge on any atom is -0.0616 e. The Balaban J connectivity index is 1.12. The van der Waals surface area contributed by atoms with Crippen LogP contribution in [-0.4, -0.2) is 0 Å². The number of benzene rings is 10. The molecule has 11 rings (SSSR count). The Morgan fingerprint density at radius 3 is 1.51 bits per heavy atom. The molecule has 0 heterocycles. The van der Waals surface area contributed by atoms with Gasteiger partial charge in [-0.25, -0.2) is 0 Å². The van der Waals surface area contributed by atoms with Crippen LogP contribution < -0.4 is 0 Å². The van der Waals surface area contributed by atoms with Crippen LogP contribution in [0.2, 0.25) is 0 Å². The van der Waals surface area contributed by atoms with E-state index < -0.39 is 0 Å². The molecule has 0 fully saturated rings. The molecule has 55 heavy (non-hydrogen) atoms. The highest BCUT2D eigenvalue weighted by Gasteiger charge is 2.38. The molecule has 0 atom stereocenters. The fourth-order valence-corrected chi connectivity index (χ4v) is 9.87. The van der Waals surface area contributed by atoms with E-state index in [1.807, 2.05) is 0 Å². The maximum absolute atomic E-state index is 2.43. The molecule has 0 amide bonds. The SMILES string of the molecule is CC1(C)c2c(-c3cccc(-c4c5ccccc5c(-c5ccccc5-c5ccc6ccccc6c5)c5ccccc45)c3)cccc2-c2ccc3ccccc3c21. The molecule has 0 N–H and O–H groups in total. The smallest absolute Gasteiger partial charge is 0.0171 e. The Bertz CT molecular complexity index is 3120. The fourth-order valence-electron chi connectivity index (χ4n) is 9.87. The van der Waals surface area contributed by atoms with Crippen molar-refractivity contribution in [3.05, 3.63) is 205 Å². The van der Waals surface area contributed by atoms with Crippen LogP contribution >= 0.6 is 0 Å². The third kappa shape index (κ3) is 4.78. The van der Waals surface area contributed by atoms with E-state index in [1.165, 1.54) is 110 Å². The third-order valence-electron chi connectivity index (χ3n) is 12.2. The minimum atomic E-state index is -0.155. The van der Waals surface area contributed by atoms with Crippen LogP contribution in [0.4, 0.5) is 0 Å². The molecule has 0 unspecified atom stereocenters. The van der Waals surface area contributed by atoms with Gasteiger partial charge in [0.05, 0.1) is 0 Å². The van der Waals surface area contributed by atoms with Crippen molar-refractivity contribution in [1.29, 1.82) is 0 Å².